The summed E-state index contributed by atoms with van der Waals surface area (Å²) >= 11 is 0. The van der Waals surface area contributed by atoms with Crippen molar-refractivity contribution in [1.82, 2.24) is 5.43 Å². The van der Waals surface area contributed by atoms with Crippen molar-refractivity contribution in [3.05, 3.63) is 59.2 Å². The standard InChI is InChI=1S/C18H23N3O2/c1-13-5-3-6-15(11-13)23-10-4-9-20-17-8-7-14(2)12-16(17)18(22)21-19/h3,5-8,11-12,20H,4,9-10,19H2,1-2H3,(H,21,22). The van der Waals surface area contributed by atoms with Crippen LogP contribution in [-0.4, -0.2) is 19.1 Å². The Labute approximate surface area is 136 Å². The molecule has 0 unspecified atom stereocenters. The number of nitrogen functional groups attached to an aromatic ring is 1. The summed E-state index contributed by atoms with van der Waals surface area (Å²) < 4.78 is 5.70. The van der Waals surface area contributed by atoms with Crippen LogP contribution in [0.4, 0.5) is 5.69 Å². The number of hydrogen-bond acceptors (Lipinski definition) is 4. The molecule has 122 valence electrons. The van der Waals surface area contributed by atoms with Gasteiger partial charge in [-0.15, -0.1) is 0 Å². The van der Waals surface area contributed by atoms with Crippen molar-refractivity contribution >= 4 is 11.6 Å². The maximum Gasteiger partial charge on any atom is 0.267 e. The fraction of sp³-hybridized carbons (Fsp3) is 0.278. The molecule has 4 N–H and O–H groups in total. The van der Waals surface area contributed by atoms with E-state index in [9.17, 15) is 4.79 Å². The molecule has 23 heavy (non-hydrogen) atoms. The monoisotopic (exact) mass is 313 g/mol. The lowest BCUT2D eigenvalue weighted by atomic mass is 10.1. The third-order valence-electron chi connectivity index (χ3n) is 3.45. The molecule has 0 aromatic heterocycles. The average Bonchev–Trinajstić information content (AvgIpc) is 2.55. The van der Waals surface area contributed by atoms with E-state index in [0.29, 0.717) is 18.7 Å². The SMILES string of the molecule is Cc1cccc(OCCCNc2ccc(C)cc2C(=O)NN)c1. The third-order valence-corrected chi connectivity index (χ3v) is 3.45. The molecule has 5 nitrogen and oxygen atoms in total. The van der Waals surface area contributed by atoms with Crippen molar-refractivity contribution in [2.45, 2.75) is 20.3 Å². The van der Waals surface area contributed by atoms with Crippen molar-refractivity contribution in [3.63, 3.8) is 0 Å². The van der Waals surface area contributed by atoms with Crippen molar-refractivity contribution in [1.29, 1.82) is 0 Å². The van der Waals surface area contributed by atoms with Crippen LogP contribution in [0.15, 0.2) is 42.5 Å². The molecule has 0 fully saturated rings. The van der Waals surface area contributed by atoms with Crippen LogP contribution < -0.4 is 21.3 Å². The zero-order chi connectivity index (χ0) is 16.7. The molecule has 5 heteroatoms. The van der Waals surface area contributed by atoms with Crippen molar-refractivity contribution in [2.75, 3.05) is 18.5 Å². The smallest absolute Gasteiger partial charge is 0.267 e. The molecule has 0 spiro atoms. The fourth-order valence-electron chi connectivity index (χ4n) is 2.27. The van der Waals surface area contributed by atoms with Crippen LogP contribution in [0.3, 0.4) is 0 Å². The van der Waals surface area contributed by atoms with E-state index in [2.05, 4.69) is 10.7 Å². The zero-order valence-electron chi connectivity index (χ0n) is 13.6. The van der Waals surface area contributed by atoms with Gasteiger partial charge in [-0.1, -0.05) is 23.8 Å². The molecule has 2 aromatic carbocycles. The van der Waals surface area contributed by atoms with Gasteiger partial charge in [0.15, 0.2) is 0 Å². The number of anilines is 1. The van der Waals surface area contributed by atoms with Crippen molar-refractivity contribution in [3.8, 4) is 5.75 Å². The molecule has 2 rings (SSSR count). The van der Waals surface area contributed by atoms with E-state index in [1.165, 1.54) is 5.56 Å². The summed E-state index contributed by atoms with van der Waals surface area (Å²) in [6.07, 6.45) is 0.825. The first-order chi connectivity index (χ1) is 11.1. The topological polar surface area (TPSA) is 76.4 Å². The number of nitrogens with two attached hydrogens (primary N) is 1. The molecule has 0 aliphatic carbocycles. The molecule has 0 heterocycles. The van der Waals surface area contributed by atoms with Crippen LogP contribution in [-0.2, 0) is 0 Å². The van der Waals surface area contributed by atoms with Gasteiger partial charge in [-0.05, 0) is 50.1 Å². The third kappa shape index (κ3) is 5.00. The van der Waals surface area contributed by atoms with E-state index in [4.69, 9.17) is 10.6 Å². The van der Waals surface area contributed by atoms with Crippen molar-refractivity contribution < 1.29 is 9.53 Å². The Morgan fingerprint density at radius 1 is 1.13 bits per heavy atom. The number of rotatable bonds is 7. The summed E-state index contributed by atoms with van der Waals surface area (Å²) in [5.41, 5.74) is 5.68. The Morgan fingerprint density at radius 3 is 2.65 bits per heavy atom. The molecule has 2 aromatic rings. The minimum absolute atomic E-state index is 0.299. The molecule has 0 saturated carbocycles. The number of carbonyl (C=O) groups is 1. The highest BCUT2D eigenvalue weighted by atomic mass is 16.5. The number of hydrazine groups is 1. The molecule has 0 atom stereocenters. The van der Waals surface area contributed by atoms with Crippen LogP contribution in [0.25, 0.3) is 0 Å². The quantitative estimate of drug-likeness (QED) is 0.318. The first kappa shape index (κ1) is 16.8. The second kappa shape index (κ2) is 8.19. The predicted molar refractivity (Wildman–Crippen MR) is 92.6 cm³/mol. The van der Waals surface area contributed by atoms with Gasteiger partial charge in [0.2, 0.25) is 0 Å². The normalized spacial score (nSPS) is 10.2. The van der Waals surface area contributed by atoms with Crippen LogP contribution in [0.1, 0.15) is 27.9 Å². The van der Waals surface area contributed by atoms with Crippen molar-refractivity contribution in [2.24, 2.45) is 5.84 Å². The second-order valence-electron chi connectivity index (χ2n) is 5.47. The first-order valence-corrected chi connectivity index (χ1v) is 7.65. The van der Waals surface area contributed by atoms with E-state index in [1.54, 1.807) is 0 Å². The maximum atomic E-state index is 11.8. The Morgan fingerprint density at radius 2 is 1.91 bits per heavy atom. The van der Waals surface area contributed by atoms with Gasteiger partial charge in [0.1, 0.15) is 5.75 Å². The van der Waals surface area contributed by atoms with Crippen LogP contribution in [0, 0.1) is 13.8 Å². The van der Waals surface area contributed by atoms with E-state index in [-0.39, 0.29) is 5.91 Å². The fourth-order valence-corrected chi connectivity index (χ4v) is 2.27. The van der Waals surface area contributed by atoms with Crippen LogP contribution in [0.2, 0.25) is 0 Å². The molecule has 0 saturated heterocycles. The minimum Gasteiger partial charge on any atom is -0.494 e. The molecular weight excluding hydrogens is 290 g/mol. The molecular formula is C18H23N3O2. The number of benzene rings is 2. The lowest BCUT2D eigenvalue weighted by Crippen LogP contribution is -2.30. The lowest BCUT2D eigenvalue weighted by molar-refractivity contribution is 0.0954. The lowest BCUT2D eigenvalue weighted by Gasteiger charge is -2.12. The molecule has 0 aliphatic rings. The van der Waals surface area contributed by atoms with Gasteiger partial charge in [-0.3, -0.25) is 10.2 Å². The van der Waals surface area contributed by atoms with E-state index in [1.807, 2.05) is 56.3 Å². The highest BCUT2D eigenvalue weighted by molar-refractivity contribution is 5.99. The van der Waals surface area contributed by atoms with Gasteiger partial charge in [-0.25, -0.2) is 5.84 Å². The van der Waals surface area contributed by atoms with Gasteiger partial charge in [-0.2, -0.15) is 0 Å². The van der Waals surface area contributed by atoms with Gasteiger partial charge in [0.25, 0.3) is 5.91 Å². The van der Waals surface area contributed by atoms with E-state index < -0.39 is 0 Å². The average molecular weight is 313 g/mol. The molecule has 0 bridgehead atoms. The van der Waals surface area contributed by atoms with Gasteiger partial charge >= 0.3 is 0 Å². The summed E-state index contributed by atoms with van der Waals surface area (Å²) in [6, 6.07) is 13.6. The van der Waals surface area contributed by atoms with Gasteiger partial charge < -0.3 is 10.1 Å². The largest absolute Gasteiger partial charge is 0.494 e. The zero-order valence-corrected chi connectivity index (χ0v) is 13.6. The first-order valence-electron chi connectivity index (χ1n) is 7.65. The van der Waals surface area contributed by atoms with Crippen LogP contribution >= 0.6 is 0 Å². The number of amides is 1. The summed E-state index contributed by atoms with van der Waals surface area (Å²) in [5, 5.41) is 3.26. The van der Waals surface area contributed by atoms with Crippen LogP contribution in [0.5, 0.6) is 5.75 Å². The summed E-state index contributed by atoms with van der Waals surface area (Å²) in [6.45, 7) is 5.29. The van der Waals surface area contributed by atoms with Gasteiger partial charge in [0.05, 0.1) is 12.2 Å². The summed E-state index contributed by atoms with van der Waals surface area (Å²) in [5.74, 6) is 5.81. The Kier molecular flexibility index (Phi) is 6.00. The number of ether oxygens (including phenoxy) is 1. The number of carbonyl (C=O) groups excluding carboxylic acids is 1. The maximum absolute atomic E-state index is 11.8. The minimum atomic E-state index is -0.299. The summed E-state index contributed by atoms with van der Waals surface area (Å²) in [4.78, 5) is 11.8. The molecule has 0 radical (unpaired) electrons. The van der Waals surface area contributed by atoms with E-state index in [0.717, 1.165) is 23.4 Å². The predicted octanol–water partition coefficient (Wildman–Crippen LogP) is 2.79. The number of nitrogens with one attached hydrogen (secondary N) is 2. The Hall–Kier alpha value is -2.53. The Balaban J connectivity index is 1.83. The van der Waals surface area contributed by atoms with Gasteiger partial charge in [0, 0.05) is 12.2 Å². The number of aryl methyl sites for hydroxylation is 2. The Bertz CT molecular complexity index is 671. The molecule has 1 amide bonds. The highest BCUT2D eigenvalue weighted by Gasteiger charge is 2.10. The highest BCUT2D eigenvalue weighted by Crippen LogP contribution is 2.17. The number of hydrogen-bond donors (Lipinski definition) is 3. The summed E-state index contributed by atoms with van der Waals surface area (Å²) in [7, 11) is 0. The second-order valence-corrected chi connectivity index (χ2v) is 5.47. The van der Waals surface area contributed by atoms with E-state index >= 15 is 0 Å². The molecule has 0 aliphatic heterocycles.